The molecule has 2 nitrogen and oxygen atoms in total. The Bertz CT molecular complexity index is 3480. The van der Waals surface area contributed by atoms with Crippen molar-refractivity contribution in [1.82, 2.24) is 0 Å². The van der Waals surface area contributed by atoms with Crippen LogP contribution in [0.2, 0.25) is 0 Å². The Morgan fingerprint density at radius 1 is 0.468 bits per heavy atom. The standard InChI is InChI=1S/C60H42O2/c1-38(44-30-33-56-53(35-44)50-19-10-11-21-55(50)61-56)59(43-26-23-40(24-27-43)39-13-4-2-5-14-39)51-20-12-22-58-60(51)54-37-46(31-34-57(54)62-58)45-28-25-42-29-32-47(41-15-6-3-7-16-41)48-17-8-9-18-49(48)52(42)36-45/h2-28,30-31,33-37,47,59H,1,29,32H2. The molecule has 0 fully saturated rings. The van der Waals surface area contributed by atoms with Crippen LogP contribution in [0.3, 0.4) is 0 Å². The minimum atomic E-state index is -0.162. The summed E-state index contributed by atoms with van der Waals surface area (Å²) in [5.41, 5.74) is 19.5. The van der Waals surface area contributed by atoms with Crippen LogP contribution in [0.25, 0.3) is 82.8 Å². The number of hydrogen-bond donors (Lipinski definition) is 0. The predicted molar refractivity (Wildman–Crippen MR) is 258 cm³/mol. The first-order valence-electron chi connectivity index (χ1n) is 21.6. The molecule has 2 atom stereocenters. The average molecular weight is 795 g/mol. The van der Waals surface area contributed by atoms with Crippen LogP contribution >= 0.6 is 0 Å². The van der Waals surface area contributed by atoms with Gasteiger partial charge >= 0.3 is 0 Å². The molecule has 12 rings (SSSR count). The number of fused-ring (bicyclic) bond motifs is 9. The molecule has 1 aliphatic carbocycles. The minimum absolute atomic E-state index is 0.162. The normalized spacial score (nSPS) is 14.2. The molecule has 2 aromatic heterocycles. The lowest BCUT2D eigenvalue weighted by atomic mass is 9.80. The van der Waals surface area contributed by atoms with E-state index in [9.17, 15) is 0 Å². The van der Waals surface area contributed by atoms with Crippen LogP contribution in [-0.4, -0.2) is 0 Å². The SMILES string of the molecule is C=C(c1ccc2oc3ccccc3c2c1)C(c1ccc(-c2ccccc2)cc1)c1cccc2oc3ccc(-c4ccc5c(c4)-c4ccccc4C(c4ccccc4)CC5)cc3c12. The van der Waals surface area contributed by atoms with Gasteiger partial charge < -0.3 is 8.83 Å². The Morgan fingerprint density at radius 3 is 1.98 bits per heavy atom. The van der Waals surface area contributed by atoms with Crippen LogP contribution in [0.1, 0.15) is 51.6 Å². The molecule has 0 saturated carbocycles. The van der Waals surface area contributed by atoms with Crippen LogP contribution in [-0.2, 0) is 6.42 Å². The second-order valence-electron chi connectivity index (χ2n) is 16.7. The Morgan fingerprint density at radius 2 is 1.11 bits per heavy atom. The lowest BCUT2D eigenvalue weighted by molar-refractivity contribution is 0.668. The summed E-state index contributed by atoms with van der Waals surface area (Å²) in [6.07, 6.45) is 2.11. The topological polar surface area (TPSA) is 26.3 Å². The molecular formula is C60H42O2. The molecule has 0 saturated heterocycles. The molecule has 0 aliphatic heterocycles. The first-order chi connectivity index (χ1) is 30.6. The van der Waals surface area contributed by atoms with Crippen LogP contribution in [0.5, 0.6) is 0 Å². The van der Waals surface area contributed by atoms with E-state index < -0.39 is 0 Å². The van der Waals surface area contributed by atoms with E-state index in [0.717, 1.165) is 73.4 Å². The number of hydrogen-bond acceptors (Lipinski definition) is 2. The number of rotatable bonds is 7. The summed E-state index contributed by atoms with van der Waals surface area (Å²) in [5.74, 6) is 0.193. The summed E-state index contributed by atoms with van der Waals surface area (Å²) in [7, 11) is 0. The van der Waals surface area contributed by atoms with Gasteiger partial charge in [0.2, 0.25) is 0 Å². The molecule has 62 heavy (non-hydrogen) atoms. The highest BCUT2D eigenvalue weighted by atomic mass is 16.3. The highest BCUT2D eigenvalue weighted by molar-refractivity contribution is 6.10. The summed E-state index contributed by atoms with van der Waals surface area (Å²) in [4.78, 5) is 0. The van der Waals surface area contributed by atoms with E-state index in [1.54, 1.807) is 0 Å². The van der Waals surface area contributed by atoms with Gasteiger partial charge in [-0.2, -0.15) is 0 Å². The smallest absolute Gasteiger partial charge is 0.135 e. The van der Waals surface area contributed by atoms with Gasteiger partial charge in [0.1, 0.15) is 22.3 Å². The van der Waals surface area contributed by atoms with Gasteiger partial charge in [0.05, 0.1) is 0 Å². The van der Waals surface area contributed by atoms with Gasteiger partial charge in [-0.1, -0.05) is 170 Å². The number of aryl methyl sites for hydroxylation is 1. The van der Waals surface area contributed by atoms with E-state index in [4.69, 9.17) is 15.4 Å². The highest BCUT2D eigenvalue weighted by Crippen LogP contribution is 2.46. The van der Waals surface area contributed by atoms with E-state index >= 15 is 0 Å². The maximum atomic E-state index is 6.69. The van der Waals surface area contributed by atoms with Crippen molar-refractivity contribution in [3.05, 3.63) is 246 Å². The summed E-state index contributed by atoms with van der Waals surface area (Å²) in [6, 6.07) is 74.6. The van der Waals surface area contributed by atoms with Crippen LogP contribution in [0.4, 0.5) is 0 Å². The van der Waals surface area contributed by atoms with Gasteiger partial charge in [-0.3, -0.25) is 0 Å². The third-order valence-electron chi connectivity index (χ3n) is 13.3. The molecule has 0 spiro atoms. The fourth-order valence-electron chi connectivity index (χ4n) is 10.2. The molecule has 294 valence electrons. The highest BCUT2D eigenvalue weighted by Gasteiger charge is 2.26. The first-order valence-corrected chi connectivity index (χ1v) is 21.6. The van der Waals surface area contributed by atoms with Crippen LogP contribution in [0.15, 0.2) is 222 Å². The number of allylic oxidation sites excluding steroid dienone is 1. The second-order valence-corrected chi connectivity index (χ2v) is 16.7. The maximum Gasteiger partial charge on any atom is 0.135 e. The van der Waals surface area contributed by atoms with Gasteiger partial charge in [-0.25, -0.2) is 0 Å². The molecule has 2 heterocycles. The quantitative estimate of drug-likeness (QED) is 0.161. The molecule has 11 aromatic rings. The minimum Gasteiger partial charge on any atom is -0.456 e. The summed E-state index contributed by atoms with van der Waals surface area (Å²) in [5, 5.41) is 4.41. The van der Waals surface area contributed by atoms with Crippen molar-refractivity contribution in [3.8, 4) is 33.4 Å². The maximum absolute atomic E-state index is 6.69. The van der Waals surface area contributed by atoms with E-state index in [-0.39, 0.29) is 5.92 Å². The van der Waals surface area contributed by atoms with Crippen molar-refractivity contribution >= 4 is 49.5 Å². The number of furan rings is 2. The van der Waals surface area contributed by atoms with Gasteiger partial charge in [-0.15, -0.1) is 0 Å². The Kier molecular flexibility index (Phi) is 8.64. The molecular weight excluding hydrogens is 753 g/mol. The third kappa shape index (κ3) is 6.10. The van der Waals surface area contributed by atoms with E-state index in [0.29, 0.717) is 5.92 Å². The summed E-state index contributed by atoms with van der Waals surface area (Å²) < 4.78 is 12.9. The van der Waals surface area contributed by atoms with Crippen molar-refractivity contribution < 1.29 is 8.83 Å². The lowest BCUT2D eigenvalue weighted by Crippen LogP contribution is -2.04. The van der Waals surface area contributed by atoms with Crippen molar-refractivity contribution in [2.75, 3.05) is 0 Å². The molecule has 0 bridgehead atoms. The summed E-state index contributed by atoms with van der Waals surface area (Å²) >= 11 is 0. The molecule has 1 aliphatic rings. The van der Waals surface area contributed by atoms with Crippen molar-refractivity contribution in [3.63, 3.8) is 0 Å². The van der Waals surface area contributed by atoms with Gasteiger partial charge in [-0.05, 0) is 128 Å². The van der Waals surface area contributed by atoms with E-state index in [1.165, 1.54) is 55.6 Å². The zero-order chi connectivity index (χ0) is 41.1. The molecule has 2 unspecified atom stereocenters. The molecule has 2 heteroatoms. The van der Waals surface area contributed by atoms with Gasteiger partial charge in [0.15, 0.2) is 0 Å². The molecule has 0 N–H and O–H groups in total. The van der Waals surface area contributed by atoms with E-state index in [2.05, 4.69) is 194 Å². The monoisotopic (exact) mass is 794 g/mol. The predicted octanol–water partition coefficient (Wildman–Crippen LogP) is 16.4. The Hall–Kier alpha value is -7.68. The van der Waals surface area contributed by atoms with Crippen molar-refractivity contribution in [2.45, 2.75) is 24.7 Å². The zero-order valence-electron chi connectivity index (χ0n) is 34.2. The largest absolute Gasteiger partial charge is 0.456 e. The van der Waals surface area contributed by atoms with Crippen LogP contribution < -0.4 is 0 Å². The summed E-state index contributed by atoms with van der Waals surface area (Å²) in [6.45, 7) is 4.90. The average Bonchev–Trinajstić information content (AvgIpc) is 3.85. The number of benzene rings is 9. The lowest BCUT2D eigenvalue weighted by Gasteiger charge is -2.23. The van der Waals surface area contributed by atoms with Crippen LogP contribution in [0, 0.1) is 0 Å². The fraction of sp³-hybridized carbons (Fsp3) is 0.0667. The third-order valence-corrected chi connectivity index (χ3v) is 13.3. The Balaban J connectivity index is 1.00. The van der Waals surface area contributed by atoms with Crippen molar-refractivity contribution in [2.24, 2.45) is 0 Å². The van der Waals surface area contributed by atoms with Gasteiger partial charge in [0, 0.05) is 33.4 Å². The second kappa shape index (κ2) is 14.8. The molecule has 0 amide bonds. The number of para-hydroxylation sites is 1. The first kappa shape index (κ1) is 36.2. The molecule has 0 radical (unpaired) electrons. The van der Waals surface area contributed by atoms with E-state index in [1.807, 2.05) is 12.1 Å². The molecule has 9 aromatic carbocycles. The van der Waals surface area contributed by atoms with Gasteiger partial charge in [0.25, 0.3) is 0 Å². The fourth-order valence-corrected chi connectivity index (χ4v) is 10.2. The zero-order valence-corrected chi connectivity index (χ0v) is 34.2. The Labute approximate surface area is 361 Å². The van der Waals surface area contributed by atoms with Crippen molar-refractivity contribution in [1.29, 1.82) is 0 Å².